The third kappa shape index (κ3) is 4.25. The van der Waals surface area contributed by atoms with Crippen LogP contribution in [-0.2, 0) is 0 Å². The number of aromatic nitrogens is 2. The fourth-order valence-electron chi connectivity index (χ4n) is 5.75. The first-order valence-electron chi connectivity index (χ1n) is 14.0. The Balaban J connectivity index is 1.16. The van der Waals surface area contributed by atoms with E-state index in [1.165, 1.54) is 32.3 Å². The van der Waals surface area contributed by atoms with Gasteiger partial charge in [0.2, 0.25) is 0 Å². The summed E-state index contributed by atoms with van der Waals surface area (Å²) in [6, 6.07) is 49.3. The Labute approximate surface area is 249 Å². The third-order valence-electron chi connectivity index (χ3n) is 7.76. The molecule has 0 unspecified atom stereocenters. The van der Waals surface area contributed by atoms with Crippen LogP contribution < -0.4 is 4.90 Å². The fourth-order valence-corrected chi connectivity index (χ4v) is 6.80. The average molecular weight is 556 g/mol. The summed E-state index contributed by atoms with van der Waals surface area (Å²) in [5, 5.41) is 1.03. The van der Waals surface area contributed by atoms with Crippen molar-refractivity contribution in [1.29, 1.82) is 0 Å². The molecular formula is C38H25N3S. The molecule has 0 saturated heterocycles. The molecule has 0 aliphatic carbocycles. The van der Waals surface area contributed by atoms with E-state index in [0.717, 1.165) is 39.0 Å². The number of anilines is 3. The molecule has 0 atom stereocenters. The van der Waals surface area contributed by atoms with Gasteiger partial charge in [-0.2, -0.15) is 0 Å². The van der Waals surface area contributed by atoms with Gasteiger partial charge in [0.05, 0.1) is 22.6 Å². The van der Waals surface area contributed by atoms with E-state index >= 15 is 0 Å². The van der Waals surface area contributed by atoms with Gasteiger partial charge < -0.3 is 4.90 Å². The van der Waals surface area contributed by atoms with E-state index in [2.05, 4.69) is 132 Å². The van der Waals surface area contributed by atoms with Crippen LogP contribution in [0.4, 0.5) is 17.1 Å². The minimum atomic E-state index is 0.944. The van der Waals surface area contributed by atoms with E-state index < -0.39 is 0 Å². The summed E-state index contributed by atoms with van der Waals surface area (Å²) in [5.74, 6) is 0. The van der Waals surface area contributed by atoms with Crippen LogP contribution in [0.5, 0.6) is 0 Å². The predicted octanol–water partition coefficient (Wildman–Crippen LogP) is 10.6. The second-order valence-corrected chi connectivity index (χ2v) is 11.4. The van der Waals surface area contributed by atoms with Gasteiger partial charge in [-0.3, -0.25) is 9.97 Å². The van der Waals surface area contributed by atoms with Crippen molar-refractivity contribution in [2.45, 2.75) is 9.79 Å². The molecule has 4 heteroatoms. The Morgan fingerprint density at radius 1 is 0.476 bits per heavy atom. The Kier molecular flexibility index (Phi) is 6.05. The molecule has 0 N–H and O–H groups in total. The molecule has 0 spiro atoms. The first-order valence-corrected chi connectivity index (χ1v) is 14.8. The Hall–Kier alpha value is -5.19. The molecule has 3 nitrogen and oxygen atoms in total. The number of hydrogen-bond donors (Lipinski definition) is 0. The number of para-hydroxylation sites is 2. The van der Waals surface area contributed by atoms with E-state index in [-0.39, 0.29) is 0 Å². The number of nitrogens with zero attached hydrogens (tertiary/aromatic N) is 3. The molecule has 42 heavy (non-hydrogen) atoms. The van der Waals surface area contributed by atoms with Crippen molar-refractivity contribution in [3.63, 3.8) is 0 Å². The lowest BCUT2D eigenvalue weighted by atomic mass is 9.95. The SMILES string of the molecule is c1ccc(-c2ncc3cccnc3c2-c2ccc(-c3ccc(N4c5ccccc5Sc5ccccc54)cc3)cc2)cc1. The van der Waals surface area contributed by atoms with E-state index in [1.54, 1.807) is 0 Å². The summed E-state index contributed by atoms with van der Waals surface area (Å²) in [5.41, 5.74) is 11.1. The number of benzene rings is 5. The summed E-state index contributed by atoms with van der Waals surface area (Å²) < 4.78 is 0. The third-order valence-corrected chi connectivity index (χ3v) is 8.89. The lowest BCUT2D eigenvalue weighted by molar-refractivity contribution is 1.17. The van der Waals surface area contributed by atoms with Crippen LogP contribution in [0.1, 0.15) is 0 Å². The van der Waals surface area contributed by atoms with Crippen molar-refractivity contribution < 1.29 is 0 Å². The first-order chi connectivity index (χ1) is 20.8. The van der Waals surface area contributed by atoms with E-state index in [0.29, 0.717) is 0 Å². The summed E-state index contributed by atoms with van der Waals surface area (Å²) in [7, 11) is 0. The van der Waals surface area contributed by atoms with Gasteiger partial charge in [0.15, 0.2) is 0 Å². The van der Waals surface area contributed by atoms with Crippen LogP contribution in [0.3, 0.4) is 0 Å². The topological polar surface area (TPSA) is 29.0 Å². The highest BCUT2D eigenvalue weighted by molar-refractivity contribution is 7.99. The van der Waals surface area contributed by atoms with Gasteiger partial charge in [-0.25, -0.2) is 0 Å². The fraction of sp³-hybridized carbons (Fsp3) is 0. The highest BCUT2D eigenvalue weighted by Gasteiger charge is 2.24. The molecule has 8 rings (SSSR count). The van der Waals surface area contributed by atoms with Crippen LogP contribution in [-0.4, -0.2) is 9.97 Å². The van der Waals surface area contributed by atoms with Gasteiger partial charge in [-0.15, -0.1) is 0 Å². The zero-order chi connectivity index (χ0) is 27.9. The number of hydrogen-bond acceptors (Lipinski definition) is 4. The monoisotopic (exact) mass is 555 g/mol. The van der Waals surface area contributed by atoms with Crippen molar-refractivity contribution in [2.75, 3.05) is 4.90 Å². The number of fused-ring (bicyclic) bond motifs is 3. The average Bonchev–Trinajstić information content (AvgIpc) is 3.07. The standard InChI is InChI=1S/C38H25N3S/c1-2-9-29(10-3-1)37-36(38-30(25-40-37)11-8-24-39-38)28-18-16-26(17-19-28)27-20-22-31(23-21-27)41-32-12-4-6-14-34(32)42-35-15-7-5-13-33(35)41/h1-25H. The Morgan fingerprint density at radius 2 is 1.07 bits per heavy atom. The molecule has 0 saturated carbocycles. The Bertz CT molecular complexity index is 2010. The Morgan fingerprint density at radius 3 is 1.76 bits per heavy atom. The zero-order valence-electron chi connectivity index (χ0n) is 22.7. The second-order valence-electron chi connectivity index (χ2n) is 10.3. The minimum Gasteiger partial charge on any atom is -0.308 e. The highest BCUT2D eigenvalue weighted by atomic mass is 32.2. The van der Waals surface area contributed by atoms with E-state index in [1.807, 2.05) is 36.3 Å². The second kappa shape index (κ2) is 10.3. The van der Waals surface area contributed by atoms with Gasteiger partial charge in [0.1, 0.15) is 0 Å². The van der Waals surface area contributed by atoms with Gasteiger partial charge in [0, 0.05) is 44.4 Å². The van der Waals surface area contributed by atoms with Gasteiger partial charge in [0.25, 0.3) is 0 Å². The normalized spacial score (nSPS) is 12.1. The molecule has 7 aromatic rings. The van der Waals surface area contributed by atoms with Crippen molar-refractivity contribution in [1.82, 2.24) is 9.97 Å². The summed E-state index contributed by atoms with van der Waals surface area (Å²) in [4.78, 5) is 14.5. The quantitative estimate of drug-likeness (QED) is 0.216. The maximum absolute atomic E-state index is 4.87. The minimum absolute atomic E-state index is 0.944. The zero-order valence-corrected chi connectivity index (χ0v) is 23.5. The molecule has 0 amide bonds. The smallest absolute Gasteiger partial charge is 0.0817 e. The number of rotatable bonds is 4. The van der Waals surface area contributed by atoms with Gasteiger partial charge >= 0.3 is 0 Å². The molecule has 1 aliphatic heterocycles. The predicted molar refractivity (Wildman–Crippen MR) is 175 cm³/mol. The molecular weight excluding hydrogens is 531 g/mol. The van der Waals surface area contributed by atoms with E-state index in [9.17, 15) is 0 Å². The molecule has 3 heterocycles. The summed E-state index contributed by atoms with van der Waals surface area (Å²) >= 11 is 1.83. The van der Waals surface area contributed by atoms with Crippen molar-refractivity contribution in [3.8, 4) is 33.5 Å². The first kappa shape index (κ1) is 24.6. The lowest BCUT2D eigenvalue weighted by Gasteiger charge is -2.32. The van der Waals surface area contributed by atoms with E-state index in [4.69, 9.17) is 9.97 Å². The van der Waals surface area contributed by atoms with Crippen molar-refractivity contribution >= 4 is 39.7 Å². The molecule has 2 aromatic heterocycles. The van der Waals surface area contributed by atoms with Gasteiger partial charge in [-0.1, -0.05) is 103 Å². The maximum atomic E-state index is 4.87. The summed E-state index contributed by atoms with van der Waals surface area (Å²) in [6.45, 7) is 0. The van der Waals surface area contributed by atoms with Crippen molar-refractivity contribution in [2.24, 2.45) is 0 Å². The molecule has 5 aromatic carbocycles. The van der Waals surface area contributed by atoms with Crippen LogP contribution in [0.2, 0.25) is 0 Å². The van der Waals surface area contributed by atoms with Gasteiger partial charge in [-0.05, 0) is 65.2 Å². The van der Waals surface area contributed by atoms with Crippen LogP contribution in [0, 0.1) is 0 Å². The molecule has 1 aliphatic rings. The van der Waals surface area contributed by atoms with Crippen LogP contribution >= 0.6 is 11.8 Å². The molecule has 0 bridgehead atoms. The lowest BCUT2D eigenvalue weighted by Crippen LogP contribution is -2.14. The molecule has 0 fully saturated rings. The van der Waals surface area contributed by atoms with Crippen LogP contribution in [0.25, 0.3) is 44.4 Å². The van der Waals surface area contributed by atoms with Crippen LogP contribution in [0.15, 0.2) is 162 Å². The highest BCUT2D eigenvalue weighted by Crippen LogP contribution is 2.51. The largest absolute Gasteiger partial charge is 0.308 e. The maximum Gasteiger partial charge on any atom is 0.0817 e. The molecule has 198 valence electrons. The number of pyridine rings is 2. The summed E-state index contributed by atoms with van der Waals surface area (Å²) in [6.07, 6.45) is 3.77. The van der Waals surface area contributed by atoms with Crippen molar-refractivity contribution in [3.05, 3.63) is 152 Å². The molecule has 0 radical (unpaired) electrons.